The Bertz CT molecular complexity index is 761. The van der Waals surface area contributed by atoms with E-state index < -0.39 is 11.6 Å². The summed E-state index contributed by atoms with van der Waals surface area (Å²) in [5.74, 6) is 0. The first-order valence-corrected chi connectivity index (χ1v) is 8.66. The second kappa shape index (κ2) is 7.22. The van der Waals surface area contributed by atoms with Crippen LogP contribution in [-0.4, -0.2) is 11.1 Å². The van der Waals surface area contributed by atoms with E-state index in [4.69, 9.17) is 5.73 Å². The Morgan fingerprint density at radius 2 is 1.20 bits per heavy atom. The third kappa shape index (κ3) is 3.65. The maximum atomic E-state index is 11.7. The molecule has 0 saturated carbocycles. The molecule has 0 bridgehead atoms. The predicted molar refractivity (Wildman–Crippen MR) is 103 cm³/mol. The van der Waals surface area contributed by atoms with Crippen molar-refractivity contribution in [3.8, 4) is 0 Å². The van der Waals surface area contributed by atoms with Crippen LogP contribution in [0.3, 0.4) is 0 Å². The summed E-state index contributed by atoms with van der Waals surface area (Å²) in [4.78, 5) is 0. The van der Waals surface area contributed by atoms with Crippen molar-refractivity contribution in [2.24, 2.45) is 5.73 Å². The van der Waals surface area contributed by atoms with Crippen molar-refractivity contribution in [2.45, 2.75) is 31.9 Å². The molecule has 1 unspecified atom stereocenters. The number of hydrogen-bond acceptors (Lipinski definition) is 2. The zero-order valence-corrected chi connectivity index (χ0v) is 14.8. The average Bonchev–Trinajstić information content (AvgIpc) is 2.63. The van der Waals surface area contributed by atoms with Gasteiger partial charge in [0.15, 0.2) is 0 Å². The minimum Gasteiger partial charge on any atom is -0.379 e. The first kappa shape index (κ1) is 17.4. The van der Waals surface area contributed by atoms with Gasteiger partial charge in [-0.2, -0.15) is 0 Å². The van der Waals surface area contributed by atoms with E-state index in [1.165, 1.54) is 0 Å². The van der Waals surface area contributed by atoms with Gasteiger partial charge in [0.05, 0.1) is 0 Å². The van der Waals surface area contributed by atoms with E-state index in [2.05, 4.69) is 0 Å². The van der Waals surface area contributed by atoms with Crippen LogP contribution in [0.25, 0.3) is 0 Å². The van der Waals surface area contributed by atoms with Crippen LogP contribution in [0, 0.1) is 13.8 Å². The van der Waals surface area contributed by atoms with Gasteiger partial charge in [0, 0.05) is 6.04 Å². The second-order valence-electron chi connectivity index (χ2n) is 6.79. The maximum Gasteiger partial charge on any atom is 0.130 e. The van der Waals surface area contributed by atoms with Gasteiger partial charge in [-0.25, -0.2) is 0 Å². The number of hydrogen-bond donors (Lipinski definition) is 2. The fraction of sp³-hybridized carbons (Fsp3) is 0.217. The summed E-state index contributed by atoms with van der Waals surface area (Å²) in [6, 6.07) is 25.6. The van der Waals surface area contributed by atoms with Crippen LogP contribution in [0.15, 0.2) is 78.9 Å². The Kier molecular flexibility index (Phi) is 5.03. The predicted octanol–water partition coefficient (Wildman–Crippen LogP) is 4.11. The normalized spacial score (nSPS) is 12.8. The molecule has 0 amide bonds. The standard InChI is InChI=1S/C23H25NO/c1-17-8-12-20(13-9-17)23(25,21-14-10-18(2)11-15-21)22(24)16-19-6-4-3-5-7-19/h3-15,22,25H,16,24H2,1-2H3. The molecule has 3 aromatic carbocycles. The Morgan fingerprint density at radius 1 is 0.760 bits per heavy atom. The average molecular weight is 331 g/mol. The van der Waals surface area contributed by atoms with Crippen molar-refractivity contribution >= 4 is 0 Å². The van der Waals surface area contributed by atoms with Gasteiger partial charge in [0.2, 0.25) is 0 Å². The Balaban J connectivity index is 2.04. The maximum absolute atomic E-state index is 11.7. The minimum atomic E-state index is -1.24. The highest BCUT2D eigenvalue weighted by Gasteiger charge is 2.38. The molecule has 3 N–H and O–H groups in total. The lowest BCUT2D eigenvalue weighted by atomic mass is 9.78. The highest BCUT2D eigenvalue weighted by Crippen LogP contribution is 2.34. The third-order valence-electron chi connectivity index (χ3n) is 4.82. The Morgan fingerprint density at radius 3 is 1.64 bits per heavy atom. The van der Waals surface area contributed by atoms with E-state index in [-0.39, 0.29) is 0 Å². The Labute approximate surface area is 150 Å². The molecule has 3 rings (SSSR count). The van der Waals surface area contributed by atoms with Crippen LogP contribution in [0.5, 0.6) is 0 Å². The van der Waals surface area contributed by atoms with Gasteiger partial charge in [-0.1, -0.05) is 90.0 Å². The van der Waals surface area contributed by atoms with Crippen molar-refractivity contribution in [3.63, 3.8) is 0 Å². The molecule has 25 heavy (non-hydrogen) atoms. The van der Waals surface area contributed by atoms with E-state index in [1.807, 2.05) is 92.7 Å². The molecule has 0 radical (unpaired) electrons. The first-order valence-electron chi connectivity index (χ1n) is 8.66. The van der Waals surface area contributed by atoms with E-state index in [0.717, 1.165) is 27.8 Å². The smallest absolute Gasteiger partial charge is 0.130 e. The topological polar surface area (TPSA) is 46.2 Å². The fourth-order valence-corrected chi connectivity index (χ4v) is 3.23. The zero-order valence-electron chi connectivity index (χ0n) is 14.8. The molecule has 3 aromatic rings. The molecule has 0 aromatic heterocycles. The molecule has 0 aliphatic heterocycles. The third-order valence-corrected chi connectivity index (χ3v) is 4.82. The van der Waals surface area contributed by atoms with E-state index in [0.29, 0.717) is 6.42 Å². The highest BCUT2D eigenvalue weighted by molar-refractivity contribution is 5.40. The van der Waals surface area contributed by atoms with Gasteiger partial charge < -0.3 is 10.8 Å². The lowest BCUT2D eigenvalue weighted by molar-refractivity contribution is 0.0516. The van der Waals surface area contributed by atoms with Crippen LogP contribution in [-0.2, 0) is 12.0 Å². The second-order valence-corrected chi connectivity index (χ2v) is 6.79. The molecule has 2 heteroatoms. The minimum absolute atomic E-state index is 0.458. The lowest BCUT2D eigenvalue weighted by Gasteiger charge is -2.35. The fourth-order valence-electron chi connectivity index (χ4n) is 3.23. The zero-order chi connectivity index (χ0) is 17.9. The summed E-state index contributed by atoms with van der Waals surface area (Å²) in [5.41, 5.74) is 10.4. The molecule has 1 atom stereocenters. The summed E-state index contributed by atoms with van der Waals surface area (Å²) in [5, 5.41) is 11.7. The van der Waals surface area contributed by atoms with Crippen molar-refractivity contribution in [2.75, 3.05) is 0 Å². The SMILES string of the molecule is Cc1ccc(C(O)(c2ccc(C)cc2)C(N)Cc2ccccc2)cc1. The van der Waals surface area contributed by atoms with Gasteiger partial charge in [-0.3, -0.25) is 0 Å². The van der Waals surface area contributed by atoms with Crippen molar-refractivity contribution < 1.29 is 5.11 Å². The van der Waals surface area contributed by atoms with Crippen molar-refractivity contribution in [1.82, 2.24) is 0 Å². The van der Waals surface area contributed by atoms with E-state index in [9.17, 15) is 5.11 Å². The number of aliphatic hydroxyl groups is 1. The summed E-state index contributed by atoms with van der Waals surface area (Å²) >= 11 is 0. The molecule has 0 heterocycles. The van der Waals surface area contributed by atoms with Crippen molar-refractivity contribution in [3.05, 3.63) is 107 Å². The molecular formula is C23H25NO. The summed E-state index contributed by atoms with van der Waals surface area (Å²) < 4.78 is 0. The molecule has 0 saturated heterocycles. The van der Waals surface area contributed by atoms with E-state index >= 15 is 0 Å². The molecule has 0 aliphatic rings. The van der Waals surface area contributed by atoms with Crippen LogP contribution < -0.4 is 5.73 Å². The molecule has 128 valence electrons. The monoisotopic (exact) mass is 331 g/mol. The molecule has 0 spiro atoms. The molecule has 0 fully saturated rings. The van der Waals surface area contributed by atoms with Gasteiger partial charge in [0.25, 0.3) is 0 Å². The summed E-state index contributed by atoms with van der Waals surface area (Å²) in [6.07, 6.45) is 0.596. The first-order chi connectivity index (χ1) is 12.0. The summed E-state index contributed by atoms with van der Waals surface area (Å²) in [6.45, 7) is 4.08. The number of nitrogens with two attached hydrogens (primary N) is 1. The quantitative estimate of drug-likeness (QED) is 0.739. The molecule has 2 nitrogen and oxygen atoms in total. The van der Waals surface area contributed by atoms with Gasteiger partial charge in [-0.15, -0.1) is 0 Å². The van der Waals surface area contributed by atoms with Crippen LogP contribution in [0.1, 0.15) is 27.8 Å². The lowest BCUT2D eigenvalue weighted by Crippen LogP contribution is -2.47. The van der Waals surface area contributed by atoms with Gasteiger partial charge in [0.1, 0.15) is 5.60 Å². The van der Waals surface area contributed by atoms with Crippen molar-refractivity contribution in [1.29, 1.82) is 0 Å². The Hall–Kier alpha value is -2.42. The largest absolute Gasteiger partial charge is 0.379 e. The molecular weight excluding hydrogens is 306 g/mol. The highest BCUT2D eigenvalue weighted by atomic mass is 16.3. The molecule has 0 aliphatic carbocycles. The number of benzene rings is 3. The summed E-state index contributed by atoms with van der Waals surface area (Å²) in [7, 11) is 0. The van der Waals surface area contributed by atoms with Crippen LogP contribution in [0.4, 0.5) is 0 Å². The van der Waals surface area contributed by atoms with Crippen LogP contribution >= 0.6 is 0 Å². The van der Waals surface area contributed by atoms with Gasteiger partial charge in [-0.05, 0) is 37.0 Å². The number of aryl methyl sites for hydroxylation is 2. The van der Waals surface area contributed by atoms with Gasteiger partial charge >= 0.3 is 0 Å². The number of rotatable bonds is 5. The van der Waals surface area contributed by atoms with Crippen LogP contribution in [0.2, 0.25) is 0 Å². The van der Waals surface area contributed by atoms with E-state index in [1.54, 1.807) is 0 Å².